The second-order valence-electron chi connectivity index (χ2n) is 6.64. The van der Waals surface area contributed by atoms with Gasteiger partial charge in [-0.05, 0) is 23.6 Å². The lowest BCUT2D eigenvalue weighted by Gasteiger charge is -2.21. The van der Waals surface area contributed by atoms with Gasteiger partial charge < -0.3 is 5.32 Å². The highest BCUT2D eigenvalue weighted by atomic mass is 15.1. The molecule has 3 heteroatoms. The molecule has 0 spiro atoms. The van der Waals surface area contributed by atoms with Crippen LogP contribution in [0, 0.1) is 6.92 Å². The van der Waals surface area contributed by atoms with Gasteiger partial charge in [0.2, 0.25) is 0 Å². The van der Waals surface area contributed by atoms with Gasteiger partial charge in [0.25, 0.3) is 0 Å². The Hall–Kier alpha value is -2.39. The van der Waals surface area contributed by atoms with Gasteiger partial charge in [-0.15, -0.1) is 0 Å². The number of aryl methyl sites for hydroxylation is 1. The lowest BCUT2D eigenvalue weighted by molar-refractivity contribution is 0.561. The molecule has 2 aromatic carbocycles. The molecule has 24 heavy (non-hydrogen) atoms. The Kier molecular flexibility index (Phi) is 5.11. The molecule has 0 saturated carbocycles. The molecule has 0 aliphatic carbocycles. The standard InChI is InChI=1S/C21H25N3/c1-15(2)22-14-21(18-6-4-16(3)5-7-18)19-10-8-17(9-11-19)20-12-23-24-13-20/h4-13,15,21-22H,14H2,1-3H3,(H,23,24). The summed E-state index contributed by atoms with van der Waals surface area (Å²) < 4.78 is 0. The summed E-state index contributed by atoms with van der Waals surface area (Å²) in [6.07, 6.45) is 3.78. The predicted octanol–water partition coefficient (Wildman–Crippen LogP) is 4.52. The quantitative estimate of drug-likeness (QED) is 0.701. The van der Waals surface area contributed by atoms with Crippen molar-refractivity contribution in [3.05, 3.63) is 77.6 Å². The van der Waals surface area contributed by atoms with Crippen LogP contribution in [0.3, 0.4) is 0 Å². The Labute approximate surface area is 144 Å². The van der Waals surface area contributed by atoms with Crippen LogP contribution >= 0.6 is 0 Å². The third-order valence-electron chi connectivity index (χ3n) is 4.35. The predicted molar refractivity (Wildman–Crippen MR) is 100 cm³/mol. The Bertz CT molecular complexity index is 741. The van der Waals surface area contributed by atoms with Crippen LogP contribution in [0.1, 0.15) is 36.5 Å². The summed E-state index contributed by atoms with van der Waals surface area (Å²) in [4.78, 5) is 0. The fourth-order valence-corrected chi connectivity index (χ4v) is 2.90. The van der Waals surface area contributed by atoms with Gasteiger partial charge in [0, 0.05) is 30.3 Å². The molecule has 1 aromatic heterocycles. The zero-order chi connectivity index (χ0) is 16.9. The third-order valence-corrected chi connectivity index (χ3v) is 4.35. The van der Waals surface area contributed by atoms with Crippen molar-refractivity contribution in [1.82, 2.24) is 15.5 Å². The molecule has 2 N–H and O–H groups in total. The molecule has 3 aromatic rings. The first-order valence-corrected chi connectivity index (χ1v) is 8.52. The Morgan fingerprint density at radius 1 is 0.917 bits per heavy atom. The number of H-pyrrole nitrogens is 1. The van der Waals surface area contributed by atoms with Gasteiger partial charge in [0.1, 0.15) is 0 Å². The summed E-state index contributed by atoms with van der Waals surface area (Å²) in [5, 5.41) is 10.5. The summed E-state index contributed by atoms with van der Waals surface area (Å²) in [7, 11) is 0. The number of benzene rings is 2. The second kappa shape index (κ2) is 7.45. The average molecular weight is 319 g/mol. The van der Waals surface area contributed by atoms with Crippen molar-refractivity contribution in [2.75, 3.05) is 6.54 Å². The molecular formula is C21H25N3. The van der Waals surface area contributed by atoms with Gasteiger partial charge in [-0.3, -0.25) is 5.10 Å². The minimum absolute atomic E-state index is 0.353. The van der Waals surface area contributed by atoms with Crippen molar-refractivity contribution < 1.29 is 0 Å². The molecule has 0 aliphatic heterocycles. The van der Waals surface area contributed by atoms with Crippen LogP contribution in [-0.2, 0) is 0 Å². The number of nitrogens with one attached hydrogen (secondary N) is 2. The van der Waals surface area contributed by atoms with E-state index in [1.165, 1.54) is 22.3 Å². The molecule has 3 nitrogen and oxygen atoms in total. The van der Waals surface area contributed by atoms with Crippen molar-refractivity contribution in [2.45, 2.75) is 32.7 Å². The summed E-state index contributed by atoms with van der Waals surface area (Å²) in [5.41, 5.74) is 6.29. The maximum Gasteiger partial charge on any atom is 0.0565 e. The maximum absolute atomic E-state index is 4.03. The highest BCUT2D eigenvalue weighted by Crippen LogP contribution is 2.27. The van der Waals surface area contributed by atoms with Crippen molar-refractivity contribution in [2.24, 2.45) is 0 Å². The topological polar surface area (TPSA) is 40.7 Å². The Morgan fingerprint density at radius 2 is 1.54 bits per heavy atom. The van der Waals surface area contributed by atoms with Crippen LogP contribution in [-0.4, -0.2) is 22.8 Å². The third kappa shape index (κ3) is 3.92. The van der Waals surface area contributed by atoms with Crippen LogP contribution < -0.4 is 5.32 Å². The number of hydrogen-bond acceptors (Lipinski definition) is 2. The van der Waals surface area contributed by atoms with Crippen LogP contribution in [0.5, 0.6) is 0 Å². The Balaban J connectivity index is 1.88. The van der Waals surface area contributed by atoms with Crippen LogP contribution in [0.4, 0.5) is 0 Å². The van der Waals surface area contributed by atoms with E-state index in [9.17, 15) is 0 Å². The first kappa shape index (κ1) is 16.5. The molecule has 0 amide bonds. The van der Waals surface area contributed by atoms with E-state index in [4.69, 9.17) is 0 Å². The molecule has 3 rings (SSSR count). The number of nitrogens with zero attached hydrogens (tertiary/aromatic N) is 1. The highest BCUT2D eigenvalue weighted by molar-refractivity contribution is 5.62. The lowest BCUT2D eigenvalue weighted by Crippen LogP contribution is -2.28. The fraction of sp³-hybridized carbons (Fsp3) is 0.286. The monoisotopic (exact) mass is 319 g/mol. The highest BCUT2D eigenvalue weighted by Gasteiger charge is 2.15. The van der Waals surface area contributed by atoms with Crippen molar-refractivity contribution in [3.8, 4) is 11.1 Å². The summed E-state index contributed by atoms with van der Waals surface area (Å²) >= 11 is 0. The molecule has 0 aliphatic rings. The zero-order valence-electron chi connectivity index (χ0n) is 14.6. The minimum Gasteiger partial charge on any atom is -0.314 e. The van der Waals surface area contributed by atoms with Crippen LogP contribution in [0.2, 0.25) is 0 Å². The first-order valence-electron chi connectivity index (χ1n) is 8.52. The van der Waals surface area contributed by atoms with E-state index in [1.807, 2.05) is 12.4 Å². The van der Waals surface area contributed by atoms with Gasteiger partial charge >= 0.3 is 0 Å². The lowest BCUT2D eigenvalue weighted by atomic mass is 9.89. The molecular weight excluding hydrogens is 294 g/mol. The van der Waals surface area contributed by atoms with Crippen molar-refractivity contribution in [1.29, 1.82) is 0 Å². The van der Waals surface area contributed by atoms with E-state index < -0.39 is 0 Å². The SMILES string of the molecule is Cc1ccc(C(CNC(C)C)c2ccc(-c3cn[nH]c3)cc2)cc1. The largest absolute Gasteiger partial charge is 0.314 e. The van der Waals surface area contributed by atoms with Gasteiger partial charge in [-0.25, -0.2) is 0 Å². The van der Waals surface area contributed by atoms with Crippen molar-refractivity contribution in [3.63, 3.8) is 0 Å². The van der Waals surface area contributed by atoms with E-state index in [1.54, 1.807) is 0 Å². The second-order valence-corrected chi connectivity index (χ2v) is 6.64. The molecule has 0 fully saturated rings. The molecule has 124 valence electrons. The molecule has 0 saturated heterocycles. The van der Waals surface area contributed by atoms with E-state index in [-0.39, 0.29) is 0 Å². The van der Waals surface area contributed by atoms with Crippen LogP contribution in [0.25, 0.3) is 11.1 Å². The molecule has 1 heterocycles. The zero-order valence-corrected chi connectivity index (χ0v) is 14.6. The van der Waals surface area contributed by atoms with E-state index in [0.29, 0.717) is 12.0 Å². The van der Waals surface area contributed by atoms with Gasteiger partial charge in [-0.2, -0.15) is 5.10 Å². The Morgan fingerprint density at radius 3 is 2.08 bits per heavy atom. The smallest absolute Gasteiger partial charge is 0.0565 e. The van der Waals surface area contributed by atoms with E-state index in [0.717, 1.165) is 12.1 Å². The number of hydrogen-bond donors (Lipinski definition) is 2. The normalized spacial score (nSPS) is 12.5. The average Bonchev–Trinajstić information content (AvgIpc) is 3.11. The van der Waals surface area contributed by atoms with Crippen molar-refractivity contribution >= 4 is 0 Å². The molecule has 0 bridgehead atoms. The van der Waals surface area contributed by atoms with Gasteiger partial charge in [0.05, 0.1) is 6.20 Å². The minimum atomic E-state index is 0.353. The maximum atomic E-state index is 4.03. The number of aromatic amines is 1. The molecule has 1 unspecified atom stereocenters. The fourth-order valence-electron chi connectivity index (χ4n) is 2.90. The van der Waals surface area contributed by atoms with E-state index in [2.05, 4.69) is 84.8 Å². The van der Waals surface area contributed by atoms with Gasteiger partial charge in [-0.1, -0.05) is 67.9 Å². The summed E-state index contributed by atoms with van der Waals surface area (Å²) in [6.45, 7) is 7.44. The number of rotatable bonds is 6. The molecule has 0 radical (unpaired) electrons. The molecule has 1 atom stereocenters. The number of aromatic nitrogens is 2. The summed E-state index contributed by atoms with van der Waals surface area (Å²) in [6, 6.07) is 18.2. The van der Waals surface area contributed by atoms with Crippen LogP contribution in [0.15, 0.2) is 60.9 Å². The summed E-state index contributed by atoms with van der Waals surface area (Å²) in [5.74, 6) is 0.353. The van der Waals surface area contributed by atoms with Gasteiger partial charge in [0.15, 0.2) is 0 Å². The van der Waals surface area contributed by atoms with E-state index >= 15 is 0 Å². The first-order chi connectivity index (χ1) is 11.6.